The molecule has 40 heavy (non-hydrogen) atoms. The predicted octanol–water partition coefficient (Wildman–Crippen LogP) is 3.80. The van der Waals surface area contributed by atoms with E-state index < -0.39 is 11.0 Å². The standard InChI is InChI=1S/C29H24N4O6S/c1-17-25(27(34)31-20-7-5-4-6-8-20)26(19-10-12-21(38-2)13-11-19)32-28(35)24(40-29(32)30-17)16-18-9-14-23(39-3)22(15-18)33(36)37/h4-16,26H,1-3H3,(H,31,34)/b24-16+/t26-/m1/s1. The van der Waals surface area contributed by atoms with E-state index in [4.69, 9.17) is 9.47 Å². The highest BCUT2D eigenvalue weighted by Crippen LogP contribution is 2.32. The van der Waals surface area contributed by atoms with Crippen LogP contribution in [0.1, 0.15) is 24.1 Å². The van der Waals surface area contributed by atoms with E-state index >= 15 is 0 Å². The number of nitro benzene ring substituents is 1. The molecule has 1 amide bonds. The summed E-state index contributed by atoms with van der Waals surface area (Å²) in [6.07, 6.45) is 1.57. The Bertz CT molecular complexity index is 1820. The normalized spacial score (nSPS) is 14.8. The molecule has 0 saturated carbocycles. The van der Waals surface area contributed by atoms with Crippen molar-refractivity contribution in [1.82, 2.24) is 4.57 Å². The Labute approximate surface area is 232 Å². The largest absolute Gasteiger partial charge is 0.497 e. The summed E-state index contributed by atoms with van der Waals surface area (Å²) < 4.78 is 12.2. The lowest BCUT2D eigenvalue weighted by molar-refractivity contribution is -0.385. The lowest BCUT2D eigenvalue weighted by Gasteiger charge is -2.25. The SMILES string of the molecule is COc1ccc([C@@H]2C(C(=O)Nc3ccccc3)=C(C)N=c3s/c(=C/c4ccc(OC)c([N+](=O)[O-])c4)c(=O)n32)cc1. The van der Waals surface area contributed by atoms with Gasteiger partial charge in [0.15, 0.2) is 10.6 Å². The molecule has 10 nitrogen and oxygen atoms in total. The summed E-state index contributed by atoms with van der Waals surface area (Å²) in [6.45, 7) is 1.74. The molecule has 5 rings (SSSR count). The number of thiazole rings is 1. The number of rotatable bonds is 7. The van der Waals surface area contributed by atoms with Crippen molar-refractivity contribution in [3.63, 3.8) is 0 Å². The number of nitrogens with one attached hydrogen (secondary N) is 1. The Morgan fingerprint density at radius 1 is 1.07 bits per heavy atom. The molecule has 0 bridgehead atoms. The Balaban J connectivity index is 1.66. The third kappa shape index (κ3) is 5.02. The molecule has 1 aromatic heterocycles. The fraction of sp³-hybridized carbons (Fsp3) is 0.138. The topological polar surface area (TPSA) is 125 Å². The van der Waals surface area contributed by atoms with E-state index in [-0.39, 0.29) is 22.9 Å². The van der Waals surface area contributed by atoms with Crippen LogP contribution in [0.3, 0.4) is 0 Å². The number of ether oxygens (including phenoxy) is 2. The lowest BCUT2D eigenvalue weighted by atomic mass is 9.95. The average Bonchev–Trinajstić information content (AvgIpc) is 3.26. The van der Waals surface area contributed by atoms with Crippen LogP contribution in [-0.2, 0) is 4.79 Å². The zero-order valence-electron chi connectivity index (χ0n) is 21.8. The first-order valence-electron chi connectivity index (χ1n) is 12.2. The molecule has 1 aliphatic rings. The number of carbonyl (C=O) groups excluding carboxylic acids is 1. The number of carbonyl (C=O) groups is 1. The molecule has 0 radical (unpaired) electrons. The van der Waals surface area contributed by atoms with E-state index in [0.717, 1.165) is 11.3 Å². The number of nitro groups is 1. The van der Waals surface area contributed by atoms with Crippen LogP contribution < -0.4 is 29.7 Å². The van der Waals surface area contributed by atoms with Gasteiger partial charge >= 0.3 is 5.69 Å². The van der Waals surface area contributed by atoms with E-state index in [1.54, 1.807) is 50.4 Å². The zero-order chi connectivity index (χ0) is 28.4. The number of hydrogen-bond donors (Lipinski definition) is 1. The molecule has 0 spiro atoms. The molecule has 0 saturated heterocycles. The smallest absolute Gasteiger partial charge is 0.311 e. The number of aromatic nitrogens is 1. The van der Waals surface area contributed by atoms with Crippen LogP contribution in [0.5, 0.6) is 11.5 Å². The maximum absolute atomic E-state index is 13.8. The van der Waals surface area contributed by atoms with Crippen LogP contribution in [0, 0.1) is 10.1 Å². The molecular formula is C29H24N4O6S. The highest BCUT2D eigenvalue weighted by Gasteiger charge is 2.32. The van der Waals surface area contributed by atoms with E-state index in [0.29, 0.717) is 43.2 Å². The van der Waals surface area contributed by atoms with Gasteiger partial charge in [-0.25, -0.2) is 4.99 Å². The number of methoxy groups -OCH3 is 2. The van der Waals surface area contributed by atoms with Crippen LogP contribution in [0.4, 0.5) is 11.4 Å². The quantitative estimate of drug-likeness (QED) is 0.273. The minimum absolute atomic E-state index is 0.118. The van der Waals surface area contributed by atoms with E-state index in [1.165, 1.54) is 23.8 Å². The van der Waals surface area contributed by atoms with Crippen molar-refractivity contribution >= 4 is 34.7 Å². The molecule has 0 fully saturated rings. The summed E-state index contributed by atoms with van der Waals surface area (Å²) in [5, 5.41) is 14.4. The fourth-order valence-corrected chi connectivity index (χ4v) is 5.57. The van der Waals surface area contributed by atoms with E-state index in [9.17, 15) is 19.7 Å². The van der Waals surface area contributed by atoms with E-state index in [2.05, 4.69) is 10.3 Å². The Morgan fingerprint density at radius 2 is 1.80 bits per heavy atom. The second kappa shape index (κ2) is 11.0. The second-order valence-corrected chi connectivity index (χ2v) is 9.87. The maximum atomic E-state index is 13.8. The number of allylic oxidation sites excluding steroid dienone is 1. The number of para-hydroxylation sites is 1. The Kier molecular flexibility index (Phi) is 7.30. The van der Waals surface area contributed by atoms with Crippen molar-refractivity contribution in [2.24, 2.45) is 4.99 Å². The monoisotopic (exact) mass is 556 g/mol. The van der Waals surface area contributed by atoms with Gasteiger partial charge in [0.2, 0.25) is 0 Å². The van der Waals surface area contributed by atoms with Crippen LogP contribution in [0.2, 0.25) is 0 Å². The first-order valence-corrected chi connectivity index (χ1v) is 13.0. The molecule has 202 valence electrons. The van der Waals surface area contributed by atoms with Gasteiger partial charge in [0.05, 0.1) is 41.0 Å². The molecule has 0 unspecified atom stereocenters. The minimum Gasteiger partial charge on any atom is -0.497 e. The Hall–Kier alpha value is -5.03. The summed E-state index contributed by atoms with van der Waals surface area (Å²) in [5.74, 6) is 0.370. The fourth-order valence-electron chi connectivity index (χ4n) is 4.52. The van der Waals surface area contributed by atoms with Gasteiger partial charge in [-0.15, -0.1) is 0 Å². The third-order valence-electron chi connectivity index (χ3n) is 6.43. The van der Waals surface area contributed by atoms with E-state index in [1.807, 2.05) is 30.3 Å². The van der Waals surface area contributed by atoms with Crippen LogP contribution in [0.15, 0.2) is 93.9 Å². The number of nitrogens with zero attached hydrogens (tertiary/aromatic N) is 3. The van der Waals surface area contributed by atoms with Gasteiger partial charge in [-0.1, -0.05) is 47.7 Å². The molecule has 3 aromatic carbocycles. The molecule has 1 N–H and O–H groups in total. The number of hydrogen-bond acceptors (Lipinski definition) is 8. The lowest BCUT2D eigenvalue weighted by Crippen LogP contribution is -2.40. The predicted molar refractivity (Wildman–Crippen MR) is 151 cm³/mol. The molecular weight excluding hydrogens is 532 g/mol. The number of anilines is 1. The van der Waals surface area contributed by atoms with Gasteiger partial charge in [-0.2, -0.15) is 0 Å². The molecule has 0 aliphatic carbocycles. The third-order valence-corrected chi connectivity index (χ3v) is 7.41. The number of benzene rings is 3. The molecule has 11 heteroatoms. The van der Waals surface area contributed by atoms with Gasteiger partial charge in [0, 0.05) is 11.8 Å². The maximum Gasteiger partial charge on any atom is 0.311 e. The van der Waals surface area contributed by atoms with Gasteiger partial charge < -0.3 is 14.8 Å². The van der Waals surface area contributed by atoms with Gasteiger partial charge in [-0.05, 0) is 54.5 Å². The van der Waals surface area contributed by atoms with Crippen molar-refractivity contribution < 1.29 is 19.2 Å². The van der Waals surface area contributed by atoms with Crippen molar-refractivity contribution in [3.05, 3.63) is 125 Å². The summed E-state index contributed by atoms with van der Waals surface area (Å²) in [4.78, 5) is 43.5. The number of fused-ring (bicyclic) bond motifs is 1. The summed E-state index contributed by atoms with van der Waals surface area (Å²) in [7, 11) is 2.91. The van der Waals surface area contributed by atoms with Crippen LogP contribution in [-0.4, -0.2) is 29.6 Å². The Morgan fingerprint density at radius 3 is 2.45 bits per heavy atom. The molecule has 4 aromatic rings. The first-order chi connectivity index (χ1) is 19.3. The number of amides is 1. The second-order valence-electron chi connectivity index (χ2n) is 8.86. The average molecular weight is 557 g/mol. The van der Waals surface area contributed by atoms with Crippen molar-refractivity contribution in [1.29, 1.82) is 0 Å². The van der Waals surface area contributed by atoms with Gasteiger partial charge in [-0.3, -0.25) is 24.3 Å². The zero-order valence-corrected chi connectivity index (χ0v) is 22.6. The molecule has 1 atom stereocenters. The molecule has 2 heterocycles. The minimum atomic E-state index is -0.766. The summed E-state index contributed by atoms with van der Waals surface area (Å²) >= 11 is 1.15. The summed E-state index contributed by atoms with van der Waals surface area (Å²) in [5.41, 5.74) is 1.98. The van der Waals surface area contributed by atoms with Crippen LogP contribution in [0.25, 0.3) is 6.08 Å². The highest BCUT2D eigenvalue weighted by atomic mass is 32.1. The first kappa shape index (κ1) is 26.6. The van der Waals surface area contributed by atoms with Crippen LogP contribution >= 0.6 is 11.3 Å². The highest BCUT2D eigenvalue weighted by molar-refractivity contribution is 7.07. The van der Waals surface area contributed by atoms with Gasteiger partial charge in [0.1, 0.15) is 5.75 Å². The summed E-state index contributed by atoms with van der Waals surface area (Å²) in [6, 6.07) is 19.9. The van der Waals surface area contributed by atoms with Crippen molar-refractivity contribution in [2.75, 3.05) is 19.5 Å². The van der Waals surface area contributed by atoms with Crippen molar-refractivity contribution in [3.8, 4) is 11.5 Å². The molecule has 1 aliphatic heterocycles. The van der Waals surface area contributed by atoms with Gasteiger partial charge in [0.25, 0.3) is 11.5 Å². The van der Waals surface area contributed by atoms with Crippen molar-refractivity contribution in [2.45, 2.75) is 13.0 Å².